The maximum Gasteiger partial charge on any atom is 2.00 e. The molecule has 0 aliphatic rings. The summed E-state index contributed by atoms with van der Waals surface area (Å²) in [5.74, 6) is 0. The van der Waals surface area contributed by atoms with Crippen LogP contribution in [0.4, 0.5) is 0 Å². The van der Waals surface area contributed by atoms with Crippen LogP contribution in [-0.2, 0) is 21.6 Å². The Hall–Kier alpha value is 0.409. The van der Waals surface area contributed by atoms with E-state index < -0.39 is 7.60 Å². The second-order valence-electron chi connectivity index (χ2n) is 6.27. The third-order valence-electron chi connectivity index (χ3n) is 3.94. The number of hydrogen-bond acceptors (Lipinski definition) is 3. The van der Waals surface area contributed by atoms with Crippen molar-refractivity contribution < 1.29 is 31.4 Å². The molecule has 0 spiro atoms. The summed E-state index contributed by atoms with van der Waals surface area (Å²) in [7, 11) is -4.26. The van der Waals surface area contributed by atoms with E-state index in [1.54, 1.807) is 0 Å². The molecule has 0 aliphatic heterocycles. The standard InChI is InChI=1S/C18H37O3P.Fe/c1-2-3-4-5-6-7-8-9-10-11-12-13-14-15-16-17-18-22(19,20)21;/h9-10H,2-8,11-18H2,1H3,(H2,19,20,21);/q;+2/p-2/b10-9-;. The van der Waals surface area contributed by atoms with E-state index in [4.69, 9.17) is 0 Å². The molecule has 5 heteroatoms. The van der Waals surface area contributed by atoms with Crippen LogP contribution in [0, 0.1) is 0 Å². The van der Waals surface area contributed by atoms with E-state index in [9.17, 15) is 14.4 Å². The monoisotopic (exact) mass is 386 g/mol. The number of hydrogen-bond donors (Lipinski definition) is 0. The maximum atomic E-state index is 10.4. The molecule has 0 saturated heterocycles. The van der Waals surface area contributed by atoms with Crippen molar-refractivity contribution in [3.8, 4) is 0 Å². The predicted molar refractivity (Wildman–Crippen MR) is 91.9 cm³/mol. The normalized spacial score (nSPS) is 11.8. The van der Waals surface area contributed by atoms with Gasteiger partial charge in [0.2, 0.25) is 0 Å². The Labute approximate surface area is 154 Å². The van der Waals surface area contributed by atoms with Crippen LogP contribution in [-0.4, -0.2) is 6.16 Å². The zero-order valence-electron chi connectivity index (χ0n) is 14.8. The molecule has 23 heavy (non-hydrogen) atoms. The maximum absolute atomic E-state index is 10.4. The number of allylic oxidation sites excluding steroid dienone is 2. The molecule has 0 rings (SSSR count). The fourth-order valence-electron chi connectivity index (χ4n) is 2.55. The van der Waals surface area contributed by atoms with Crippen molar-refractivity contribution in [3.05, 3.63) is 12.2 Å². The Morgan fingerprint density at radius 2 is 1.09 bits per heavy atom. The molecule has 0 aromatic heterocycles. The van der Waals surface area contributed by atoms with Crippen molar-refractivity contribution in [1.29, 1.82) is 0 Å². The van der Waals surface area contributed by atoms with Gasteiger partial charge in [-0.25, -0.2) is 0 Å². The first-order chi connectivity index (χ1) is 10.6. The van der Waals surface area contributed by atoms with Crippen molar-refractivity contribution in [1.82, 2.24) is 0 Å². The molecule has 138 valence electrons. The molecule has 0 bridgehead atoms. The van der Waals surface area contributed by atoms with Crippen LogP contribution in [0.25, 0.3) is 0 Å². The number of rotatable bonds is 16. The fourth-order valence-corrected chi connectivity index (χ4v) is 3.16. The summed E-state index contributed by atoms with van der Waals surface area (Å²) >= 11 is 0. The van der Waals surface area contributed by atoms with Crippen LogP contribution in [0.2, 0.25) is 0 Å². The summed E-state index contributed by atoms with van der Waals surface area (Å²) in [5.41, 5.74) is 0. The van der Waals surface area contributed by atoms with Gasteiger partial charge in [-0.1, -0.05) is 84.5 Å². The van der Waals surface area contributed by atoms with Gasteiger partial charge in [-0.15, -0.1) is 0 Å². The van der Waals surface area contributed by atoms with Gasteiger partial charge >= 0.3 is 17.1 Å². The van der Waals surface area contributed by atoms with Gasteiger partial charge in [0.15, 0.2) is 0 Å². The SMILES string of the molecule is CCCCCCCC/C=C\CCCCCCCCP(=O)([O-])[O-].[Fe+2]. The van der Waals surface area contributed by atoms with Gasteiger partial charge in [0.1, 0.15) is 0 Å². The minimum Gasteiger partial charge on any atom is -0.811 e. The van der Waals surface area contributed by atoms with Gasteiger partial charge < -0.3 is 14.4 Å². The largest absolute Gasteiger partial charge is 2.00 e. The summed E-state index contributed by atoms with van der Waals surface area (Å²) in [6.45, 7) is 2.25. The first-order valence-electron chi connectivity index (χ1n) is 9.22. The van der Waals surface area contributed by atoms with Crippen LogP contribution < -0.4 is 9.79 Å². The van der Waals surface area contributed by atoms with Gasteiger partial charge in [0, 0.05) is 0 Å². The summed E-state index contributed by atoms with van der Waals surface area (Å²) in [6.07, 6.45) is 21.0. The molecule has 0 atom stereocenters. The van der Waals surface area contributed by atoms with Crippen molar-refractivity contribution in [2.75, 3.05) is 6.16 Å². The zero-order valence-corrected chi connectivity index (χ0v) is 16.8. The molecule has 0 radical (unpaired) electrons. The molecule has 0 N–H and O–H groups in total. The molecule has 3 nitrogen and oxygen atoms in total. The molecule has 0 amide bonds. The first-order valence-corrected chi connectivity index (χ1v) is 10.9. The fraction of sp³-hybridized carbons (Fsp3) is 0.889. The van der Waals surface area contributed by atoms with E-state index in [-0.39, 0.29) is 23.2 Å². The van der Waals surface area contributed by atoms with Crippen LogP contribution in [0.1, 0.15) is 96.8 Å². The van der Waals surface area contributed by atoms with E-state index in [0.29, 0.717) is 6.42 Å². The molecule has 0 aromatic rings. The van der Waals surface area contributed by atoms with Crippen molar-refractivity contribution in [3.63, 3.8) is 0 Å². The number of unbranched alkanes of at least 4 members (excludes halogenated alkanes) is 12. The average Bonchev–Trinajstić information content (AvgIpc) is 2.45. The molecular weight excluding hydrogens is 351 g/mol. The summed E-state index contributed by atoms with van der Waals surface area (Å²) < 4.78 is 10.4. The van der Waals surface area contributed by atoms with E-state index >= 15 is 0 Å². The smallest absolute Gasteiger partial charge is 0.811 e. The molecule has 0 heterocycles. The van der Waals surface area contributed by atoms with E-state index in [1.807, 2.05) is 0 Å². The Morgan fingerprint density at radius 1 is 0.696 bits per heavy atom. The second kappa shape index (κ2) is 18.7. The molecule has 0 aromatic carbocycles. The molecule has 0 fully saturated rings. The van der Waals surface area contributed by atoms with E-state index in [1.165, 1.54) is 57.8 Å². The van der Waals surface area contributed by atoms with Gasteiger partial charge in [0.25, 0.3) is 0 Å². The van der Waals surface area contributed by atoms with Crippen LogP contribution in [0.15, 0.2) is 12.2 Å². The summed E-state index contributed by atoms with van der Waals surface area (Å²) in [5, 5.41) is 0. The van der Waals surface area contributed by atoms with Crippen molar-refractivity contribution >= 4 is 7.60 Å². The third-order valence-corrected chi connectivity index (χ3v) is 4.81. The van der Waals surface area contributed by atoms with E-state index in [0.717, 1.165) is 25.7 Å². The van der Waals surface area contributed by atoms with Gasteiger partial charge in [-0.05, 0) is 38.3 Å². The average molecular weight is 386 g/mol. The minimum absolute atomic E-state index is 0. The third kappa shape index (κ3) is 24.8. The van der Waals surface area contributed by atoms with Crippen LogP contribution >= 0.6 is 7.60 Å². The Balaban J connectivity index is 0. The molecule has 0 unspecified atom stereocenters. The Bertz CT molecular complexity index is 303. The quantitative estimate of drug-likeness (QED) is 0.163. The van der Waals surface area contributed by atoms with Gasteiger partial charge in [-0.2, -0.15) is 0 Å². The molecule has 0 aliphatic carbocycles. The predicted octanol–water partition coefficient (Wildman–Crippen LogP) is 4.94. The minimum atomic E-state index is -4.26. The van der Waals surface area contributed by atoms with E-state index in [2.05, 4.69) is 19.1 Å². The second-order valence-corrected chi connectivity index (χ2v) is 7.94. The molecule has 0 saturated carbocycles. The zero-order chi connectivity index (χ0) is 16.5. The topological polar surface area (TPSA) is 63.2 Å². The summed E-state index contributed by atoms with van der Waals surface area (Å²) in [4.78, 5) is 20.9. The van der Waals surface area contributed by atoms with Crippen molar-refractivity contribution in [2.24, 2.45) is 0 Å². The Morgan fingerprint density at radius 3 is 1.52 bits per heavy atom. The molecular formula is C18H35FeO3P. The Kier molecular flexibility index (Phi) is 20.9. The van der Waals surface area contributed by atoms with Crippen molar-refractivity contribution in [2.45, 2.75) is 96.8 Å². The van der Waals surface area contributed by atoms with Crippen LogP contribution in [0.5, 0.6) is 0 Å². The van der Waals surface area contributed by atoms with Gasteiger partial charge in [0.05, 0.1) is 0 Å². The summed E-state index contributed by atoms with van der Waals surface area (Å²) in [6, 6.07) is 0. The van der Waals surface area contributed by atoms with Gasteiger partial charge in [-0.3, -0.25) is 0 Å². The van der Waals surface area contributed by atoms with Crippen LogP contribution in [0.3, 0.4) is 0 Å². The first kappa shape index (κ1) is 25.6.